The van der Waals surface area contributed by atoms with E-state index in [1.165, 1.54) is 35.7 Å². The quantitative estimate of drug-likeness (QED) is 0.0940. The smallest absolute Gasteiger partial charge is 0.338 e. The maximum absolute atomic E-state index is 13.3. The molecule has 39 heavy (non-hydrogen) atoms. The van der Waals surface area contributed by atoms with Gasteiger partial charge in [0.25, 0.3) is 5.91 Å². The van der Waals surface area contributed by atoms with Crippen molar-refractivity contribution in [3.8, 4) is 0 Å². The summed E-state index contributed by atoms with van der Waals surface area (Å²) in [4.78, 5) is 30.8. The van der Waals surface area contributed by atoms with Crippen LogP contribution in [0.15, 0.2) is 72.8 Å². The van der Waals surface area contributed by atoms with Crippen molar-refractivity contribution in [1.29, 1.82) is 0 Å². The van der Waals surface area contributed by atoms with Gasteiger partial charge in [-0.3, -0.25) is 9.10 Å². The highest BCUT2D eigenvalue weighted by Crippen LogP contribution is 2.26. The summed E-state index contributed by atoms with van der Waals surface area (Å²) in [5, 5.41) is 23.4. The molecule has 0 bridgehead atoms. The molecule has 0 saturated heterocycles. The summed E-state index contributed by atoms with van der Waals surface area (Å²) in [6.07, 6.45) is 0.0698. The number of aliphatic hydroxyl groups is 2. The van der Waals surface area contributed by atoms with E-state index in [-0.39, 0.29) is 23.4 Å². The number of anilines is 1. The van der Waals surface area contributed by atoms with Gasteiger partial charge in [0, 0.05) is 19.0 Å². The standard InChI is InChI=1S/C28H31FN2O7S/c1-19(21-9-11-24(29)12-10-21)30-26(33)22-13-23(15-25(14-22)31(2)39-38-36-3)27(34)37-18-28(35,17-32)16-20-7-5-4-6-8-20/h4-15,19,32,35H,16-18H2,1-3H3,(H,30,33)/t19-,28?/m1/s1. The van der Waals surface area contributed by atoms with Crippen molar-refractivity contribution in [3.63, 3.8) is 0 Å². The number of halogens is 1. The molecule has 0 fully saturated rings. The van der Waals surface area contributed by atoms with Gasteiger partial charge in [-0.1, -0.05) is 42.5 Å². The summed E-state index contributed by atoms with van der Waals surface area (Å²) < 4.78 is 25.1. The third kappa shape index (κ3) is 8.77. The molecule has 0 aliphatic heterocycles. The van der Waals surface area contributed by atoms with Gasteiger partial charge < -0.3 is 20.3 Å². The maximum Gasteiger partial charge on any atom is 0.338 e. The number of carbonyl (C=O) groups excluding carboxylic acids is 2. The van der Waals surface area contributed by atoms with Crippen LogP contribution in [0.4, 0.5) is 10.1 Å². The number of amides is 1. The molecule has 208 valence electrons. The van der Waals surface area contributed by atoms with E-state index in [0.29, 0.717) is 11.3 Å². The monoisotopic (exact) mass is 558 g/mol. The van der Waals surface area contributed by atoms with E-state index in [2.05, 4.69) is 10.2 Å². The second-order valence-electron chi connectivity index (χ2n) is 8.94. The summed E-state index contributed by atoms with van der Waals surface area (Å²) >= 11 is 0.824. The van der Waals surface area contributed by atoms with Crippen LogP contribution in [-0.2, 0) is 20.4 Å². The first-order chi connectivity index (χ1) is 18.6. The van der Waals surface area contributed by atoms with Crippen molar-refractivity contribution in [1.82, 2.24) is 5.32 Å². The second-order valence-corrected chi connectivity index (χ2v) is 9.78. The summed E-state index contributed by atoms with van der Waals surface area (Å²) in [5.41, 5.74) is 0.379. The zero-order chi connectivity index (χ0) is 28.4. The van der Waals surface area contributed by atoms with Crippen molar-refractivity contribution >= 4 is 29.8 Å². The van der Waals surface area contributed by atoms with E-state index < -0.39 is 36.7 Å². The lowest BCUT2D eigenvalue weighted by Crippen LogP contribution is -2.41. The van der Waals surface area contributed by atoms with E-state index in [1.807, 2.05) is 6.07 Å². The van der Waals surface area contributed by atoms with Gasteiger partial charge in [0.1, 0.15) is 18.0 Å². The largest absolute Gasteiger partial charge is 0.459 e. The number of nitrogens with zero attached hydrogens (tertiary/aromatic N) is 1. The molecule has 0 heterocycles. The first-order valence-electron chi connectivity index (χ1n) is 12.0. The van der Waals surface area contributed by atoms with Crippen LogP contribution >= 0.6 is 12.2 Å². The van der Waals surface area contributed by atoms with E-state index in [4.69, 9.17) is 9.07 Å². The molecule has 11 heteroatoms. The fourth-order valence-corrected chi connectivity index (χ4v) is 4.03. The number of esters is 1. The lowest BCUT2D eigenvalue weighted by Gasteiger charge is -2.25. The molecule has 0 saturated carbocycles. The van der Waals surface area contributed by atoms with Gasteiger partial charge in [0.15, 0.2) is 12.2 Å². The molecule has 9 nitrogen and oxygen atoms in total. The van der Waals surface area contributed by atoms with E-state index in [9.17, 15) is 24.2 Å². The number of hydrogen-bond acceptors (Lipinski definition) is 9. The average Bonchev–Trinajstić information content (AvgIpc) is 2.95. The zero-order valence-corrected chi connectivity index (χ0v) is 22.6. The van der Waals surface area contributed by atoms with Crippen LogP contribution in [0, 0.1) is 5.82 Å². The van der Waals surface area contributed by atoms with Gasteiger partial charge >= 0.3 is 5.97 Å². The predicted octanol–water partition coefficient (Wildman–Crippen LogP) is 4.02. The SMILES string of the molecule is COOSN(C)c1cc(C(=O)N[C@H](C)c2ccc(F)cc2)cc(C(=O)OCC(O)(CO)Cc2ccccc2)c1. The first kappa shape index (κ1) is 30.1. The fraction of sp³-hybridized carbons (Fsp3) is 0.286. The maximum atomic E-state index is 13.3. The highest BCUT2D eigenvalue weighted by atomic mass is 32.2. The lowest BCUT2D eigenvalue weighted by atomic mass is 9.96. The van der Waals surface area contributed by atoms with Gasteiger partial charge in [-0.15, -0.1) is 4.33 Å². The molecule has 1 amide bonds. The van der Waals surface area contributed by atoms with E-state index in [1.54, 1.807) is 56.4 Å². The molecule has 0 aliphatic rings. The Bertz CT molecular complexity index is 1250. The van der Waals surface area contributed by atoms with Crippen molar-refractivity contribution in [2.45, 2.75) is 25.0 Å². The van der Waals surface area contributed by atoms with Crippen LogP contribution in [0.2, 0.25) is 0 Å². The number of benzene rings is 3. The molecule has 0 aliphatic carbocycles. The van der Waals surface area contributed by atoms with Gasteiger partial charge in [-0.05, 0) is 48.4 Å². The van der Waals surface area contributed by atoms with Crippen LogP contribution < -0.4 is 9.62 Å². The van der Waals surface area contributed by atoms with Crippen molar-refractivity contribution in [3.05, 3.63) is 101 Å². The minimum atomic E-state index is -1.70. The molecule has 0 spiro atoms. The molecule has 2 atom stereocenters. The molecule has 0 radical (unpaired) electrons. The number of hydrogen-bond donors (Lipinski definition) is 3. The Morgan fingerprint density at radius 3 is 2.38 bits per heavy atom. The van der Waals surface area contributed by atoms with Gasteiger partial charge in [0.2, 0.25) is 0 Å². The van der Waals surface area contributed by atoms with Crippen LogP contribution in [-0.4, -0.2) is 55.1 Å². The third-order valence-electron chi connectivity index (χ3n) is 5.85. The van der Waals surface area contributed by atoms with E-state index >= 15 is 0 Å². The van der Waals surface area contributed by atoms with Crippen LogP contribution in [0.5, 0.6) is 0 Å². The molecular weight excluding hydrogens is 527 g/mol. The lowest BCUT2D eigenvalue weighted by molar-refractivity contribution is -0.160. The molecule has 3 aromatic rings. The highest BCUT2D eigenvalue weighted by molar-refractivity contribution is 7.95. The zero-order valence-electron chi connectivity index (χ0n) is 21.8. The van der Waals surface area contributed by atoms with E-state index in [0.717, 1.165) is 17.8 Å². The summed E-state index contributed by atoms with van der Waals surface area (Å²) in [5.74, 6) is -1.67. The number of aliphatic hydroxyl groups excluding tert-OH is 1. The second kappa shape index (κ2) is 14.1. The molecule has 1 unspecified atom stereocenters. The van der Waals surface area contributed by atoms with Gasteiger partial charge in [-0.25, -0.2) is 14.1 Å². The minimum absolute atomic E-state index is 0.0388. The normalized spacial score (nSPS) is 13.3. The molecule has 3 aromatic carbocycles. The Balaban J connectivity index is 1.80. The van der Waals surface area contributed by atoms with Gasteiger partial charge in [0.05, 0.1) is 31.0 Å². The van der Waals surface area contributed by atoms with Gasteiger partial charge in [-0.2, -0.15) is 0 Å². The highest BCUT2D eigenvalue weighted by Gasteiger charge is 2.29. The predicted molar refractivity (Wildman–Crippen MR) is 145 cm³/mol. The van der Waals surface area contributed by atoms with Crippen molar-refractivity contribution in [2.75, 3.05) is 31.7 Å². The Labute approximate surface area is 230 Å². The average molecular weight is 559 g/mol. The molecule has 3 rings (SSSR count). The third-order valence-corrected chi connectivity index (χ3v) is 6.48. The number of carbonyl (C=O) groups is 2. The number of ether oxygens (including phenoxy) is 1. The topological polar surface area (TPSA) is 118 Å². The molecule has 0 aromatic heterocycles. The Kier molecular flexibility index (Phi) is 10.8. The Morgan fingerprint density at radius 1 is 1.08 bits per heavy atom. The van der Waals surface area contributed by atoms with Crippen molar-refractivity contribution < 1.29 is 38.2 Å². The van der Waals surface area contributed by atoms with Crippen molar-refractivity contribution in [2.24, 2.45) is 0 Å². The summed E-state index contributed by atoms with van der Waals surface area (Å²) in [6.45, 7) is 0.654. The minimum Gasteiger partial charge on any atom is -0.459 e. The Morgan fingerprint density at radius 2 is 1.74 bits per heavy atom. The molecule has 3 N–H and O–H groups in total. The number of rotatable bonds is 13. The Hall–Kier alpha value is -3.48. The number of nitrogens with one attached hydrogen (secondary N) is 1. The molecular formula is C28H31FN2O7S. The van der Waals surface area contributed by atoms with Crippen LogP contribution in [0.25, 0.3) is 0 Å². The fourth-order valence-electron chi connectivity index (χ4n) is 3.69. The first-order valence-corrected chi connectivity index (χ1v) is 12.7. The summed E-state index contributed by atoms with van der Waals surface area (Å²) in [6, 6.07) is 18.7. The van der Waals surface area contributed by atoms with Crippen LogP contribution in [0.3, 0.4) is 0 Å². The summed E-state index contributed by atoms with van der Waals surface area (Å²) in [7, 11) is 2.98. The van der Waals surface area contributed by atoms with Crippen LogP contribution in [0.1, 0.15) is 44.8 Å².